The van der Waals surface area contributed by atoms with Gasteiger partial charge in [0.05, 0.1) is 13.7 Å². The number of methoxy groups -OCH3 is 1. The van der Waals surface area contributed by atoms with E-state index in [0.717, 1.165) is 31.2 Å². The topological polar surface area (TPSA) is 79.2 Å². The molecule has 0 spiro atoms. The number of piperidine rings is 1. The fourth-order valence-corrected chi connectivity index (χ4v) is 4.18. The first-order chi connectivity index (χ1) is 16.5. The largest absolute Gasteiger partial charge is 0.497 e. The van der Waals surface area contributed by atoms with Crippen molar-refractivity contribution in [3.63, 3.8) is 0 Å². The molecule has 0 radical (unpaired) electrons. The van der Waals surface area contributed by atoms with Crippen LogP contribution in [0.15, 0.2) is 84.9 Å². The molecule has 34 heavy (non-hydrogen) atoms. The second-order valence-corrected chi connectivity index (χ2v) is 8.47. The molecule has 2 N–H and O–H groups in total. The van der Waals surface area contributed by atoms with E-state index in [0.29, 0.717) is 17.4 Å². The highest BCUT2D eigenvalue weighted by atomic mass is 16.5. The van der Waals surface area contributed by atoms with Crippen LogP contribution < -0.4 is 9.47 Å². The van der Waals surface area contributed by atoms with Crippen LogP contribution in [-0.2, 0) is 4.79 Å². The Hall–Kier alpha value is -3.35. The number of aliphatic hydroxyl groups is 1. The Morgan fingerprint density at radius 3 is 2.15 bits per heavy atom. The van der Waals surface area contributed by atoms with Crippen LogP contribution >= 0.6 is 0 Å². The summed E-state index contributed by atoms with van der Waals surface area (Å²) in [5.41, 5.74) is 1.84. The number of rotatable bonds is 7. The molecule has 0 aliphatic carbocycles. The minimum absolute atomic E-state index is 0.403. The number of carbonyl (C=O) groups is 1. The Morgan fingerprint density at radius 1 is 0.971 bits per heavy atom. The monoisotopic (exact) mass is 463 g/mol. The van der Waals surface area contributed by atoms with Crippen LogP contribution in [0.25, 0.3) is 0 Å². The summed E-state index contributed by atoms with van der Waals surface area (Å²) < 4.78 is 11.3. The molecule has 1 heterocycles. The standard InChI is InChI=1S/C20H25NO2.C8H8O3/c1-21-13-12-20(16-6-4-3-5-7-16)17(14-21)15-23-19-10-8-18(22-2)9-11-19;9-7(8(10)11)6-4-2-1-3-5-6/h3-11,17,20H,12-15H2,1-2H3;1-5,7,9H,(H,10,11)/t17-,20-;/m1./s1. The second-order valence-electron chi connectivity index (χ2n) is 8.47. The third-order valence-corrected chi connectivity index (χ3v) is 6.04. The molecular weight excluding hydrogens is 430 g/mol. The maximum absolute atomic E-state index is 10.2. The van der Waals surface area contributed by atoms with Crippen LogP contribution in [0.2, 0.25) is 0 Å². The molecule has 1 saturated heterocycles. The molecule has 0 saturated carbocycles. The Morgan fingerprint density at radius 2 is 1.56 bits per heavy atom. The van der Waals surface area contributed by atoms with Gasteiger partial charge in [-0.15, -0.1) is 0 Å². The number of carboxylic acid groups (broad SMARTS) is 1. The van der Waals surface area contributed by atoms with Crippen LogP contribution in [0, 0.1) is 5.92 Å². The van der Waals surface area contributed by atoms with Crippen molar-refractivity contribution in [1.82, 2.24) is 4.90 Å². The fraction of sp³-hybridized carbons (Fsp3) is 0.321. The lowest BCUT2D eigenvalue weighted by atomic mass is 9.81. The molecule has 180 valence electrons. The van der Waals surface area contributed by atoms with Crippen LogP contribution in [-0.4, -0.2) is 54.9 Å². The number of carboxylic acids is 1. The predicted octanol–water partition coefficient (Wildman–Crippen LogP) is 4.61. The molecule has 1 fully saturated rings. The first-order valence-electron chi connectivity index (χ1n) is 11.4. The SMILES string of the molecule is COc1ccc(OC[C@H]2CN(C)CC[C@@H]2c2ccccc2)cc1.O=C(O)C(O)c1ccccc1. The Balaban J connectivity index is 0.000000248. The van der Waals surface area contributed by atoms with Gasteiger partial charge in [-0.1, -0.05) is 60.7 Å². The van der Waals surface area contributed by atoms with Crippen LogP contribution in [0.5, 0.6) is 11.5 Å². The molecule has 1 aliphatic heterocycles. The zero-order valence-corrected chi connectivity index (χ0v) is 19.7. The lowest BCUT2D eigenvalue weighted by molar-refractivity contribution is -0.146. The van der Waals surface area contributed by atoms with Gasteiger partial charge in [0.2, 0.25) is 0 Å². The molecule has 0 amide bonds. The zero-order valence-electron chi connectivity index (χ0n) is 19.7. The van der Waals surface area contributed by atoms with Crippen molar-refractivity contribution in [2.75, 3.05) is 33.9 Å². The summed E-state index contributed by atoms with van der Waals surface area (Å²) in [5, 5.41) is 17.4. The molecule has 0 aromatic heterocycles. The quantitative estimate of drug-likeness (QED) is 0.533. The molecule has 1 aliphatic rings. The maximum atomic E-state index is 10.2. The van der Waals surface area contributed by atoms with Crippen LogP contribution in [0.1, 0.15) is 29.6 Å². The summed E-state index contributed by atoms with van der Waals surface area (Å²) in [6, 6.07) is 26.9. The first kappa shape index (κ1) is 25.3. The van der Waals surface area contributed by atoms with Crippen molar-refractivity contribution in [2.45, 2.75) is 18.4 Å². The highest BCUT2D eigenvalue weighted by Crippen LogP contribution is 2.33. The Kier molecular flexibility index (Phi) is 9.50. The zero-order chi connectivity index (χ0) is 24.3. The number of likely N-dealkylation sites (tertiary alicyclic amines) is 1. The lowest BCUT2D eigenvalue weighted by Crippen LogP contribution is -2.39. The molecule has 1 unspecified atom stereocenters. The number of aliphatic carboxylic acids is 1. The highest BCUT2D eigenvalue weighted by molar-refractivity contribution is 5.73. The maximum Gasteiger partial charge on any atom is 0.337 e. The van der Waals surface area contributed by atoms with Crippen molar-refractivity contribution in [3.05, 3.63) is 96.1 Å². The van der Waals surface area contributed by atoms with Crippen molar-refractivity contribution in [1.29, 1.82) is 0 Å². The normalized spacial score (nSPS) is 18.8. The van der Waals surface area contributed by atoms with Crippen molar-refractivity contribution < 1.29 is 24.5 Å². The number of nitrogens with zero attached hydrogens (tertiary/aromatic N) is 1. The predicted molar refractivity (Wildman–Crippen MR) is 132 cm³/mol. The van der Waals surface area contributed by atoms with Gasteiger partial charge >= 0.3 is 5.97 Å². The minimum Gasteiger partial charge on any atom is -0.497 e. The van der Waals surface area contributed by atoms with Crippen LogP contribution in [0.4, 0.5) is 0 Å². The Bertz CT molecular complexity index is 994. The van der Waals surface area contributed by atoms with Crippen molar-refractivity contribution in [3.8, 4) is 11.5 Å². The number of benzene rings is 3. The molecule has 4 rings (SSSR count). The average molecular weight is 464 g/mol. The number of ether oxygens (including phenoxy) is 2. The van der Waals surface area contributed by atoms with Gasteiger partial charge in [-0.25, -0.2) is 4.79 Å². The molecular formula is C28H33NO5. The molecule has 3 aromatic rings. The Labute approximate surface area is 201 Å². The molecule has 0 bridgehead atoms. The van der Waals surface area contributed by atoms with E-state index in [4.69, 9.17) is 19.7 Å². The first-order valence-corrected chi connectivity index (χ1v) is 11.4. The van der Waals surface area contributed by atoms with Crippen molar-refractivity contribution >= 4 is 5.97 Å². The molecule has 6 heteroatoms. The van der Waals surface area contributed by atoms with E-state index in [1.807, 2.05) is 24.3 Å². The van der Waals surface area contributed by atoms with Gasteiger partial charge in [-0.3, -0.25) is 0 Å². The average Bonchev–Trinajstić information content (AvgIpc) is 2.88. The summed E-state index contributed by atoms with van der Waals surface area (Å²) in [6.45, 7) is 2.98. The molecule has 3 atom stereocenters. The second kappa shape index (κ2) is 12.8. The van der Waals surface area contributed by atoms with Gasteiger partial charge in [-0.2, -0.15) is 0 Å². The summed E-state index contributed by atoms with van der Waals surface area (Å²) in [4.78, 5) is 12.7. The summed E-state index contributed by atoms with van der Waals surface area (Å²) in [7, 11) is 3.87. The number of aliphatic hydroxyl groups excluding tert-OH is 1. The number of hydrogen-bond donors (Lipinski definition) is 2. The van der Waals surface area contributed by atoms with Crippen LogP contribution in [0.3, 0.4) is 0 Å². The van der Waals surface area contributed by atoms with E-state index in [2.05, 4.69) is 42.3 Å². The molecule has 6 nitrogen and oxygen atoms in total. The summed E-state index contributed by atoms with van der Waals surface area (Å²) in [5.74, 6) is 1.63. The summed E-state index contributed by atoms with van der Waals surface area (Å²) in [6.07, 6.45) is -0.215. The summed E-state index contributed by atoms with van der Waals surface area (Å²) >= 11 is 0. The van der Waals surface area contributed by atoms with E-state index in [9.17, 15) is 4.79 Å². The van der Waals surface area contributed by atoms with Gasteiger partial charge in [0.15, 0.2) is 6.10 Å². The fourth-order valence-electron chi connectivity index (χ4n) is 4.18. The van der Waals surface area contributed by atoms with E-state index >= 15 is 0 Å². The van der Waals surface area contributed by atoms with E-state index < -0.39 is 12.1 Å². The van der Waals surface area contributed by atoms with E-state index in [1.165, 1.54) is 12.0 Å². The highest BCUT2D eigenvalue weighted by Gasteiger charge is 2.29. The number of hydrogen-bond acceptors (Lipinski definition) is 5. The smallest absolute Gasteiger partial charge is 0.337 e. The van der Waals surface area contributed by atoms with Gasteiger partial charge in [0.25, 0.3) is 0 Å². The molecule has 3 aromatic carbocycles. The van der Waals surface area contributed by atoms with Gasteiger partial charge < -0.3 is 24.6 Å². The third-order valence-electron chi connectivity index (χ3n) is 6.04. The van der Waals surface area contributed by atoms with Gasteiger partial charge in [0.1, 0.15) is 11.5 Å². The van der Waals surface area contributed by atoms with E-state index in [-0.39, 0.29) is 0 Å². The van der Waals surface area contributed by atoms with Gasteiger partial charge in [0, 0.05) is 12.5 Å². The van der Waals surface area contributed by atoms with E-state index in [1.54, 1.807) is 37.4 Å². The lowest BCUT2D eigenvalue weighted by Gasteiger charge is -2.37. The van der Waals surface area contributed by atoms with Crippen molar-refractivity contribution in [2.24, 2.45) is 5.92 Å². The minimum atomic E-state index is -1.41. The van der Waals surface area contributed by atoms with Gasteiger partial charge in [-0.05, 0) is 61.3 Å². The third kappa shape index (κ3) is 7.33.